The van der Waals surface area contributed by atoms with E-state index in [4.69, 9.17) is 0 Å². The van der Waals surface area contributed by atoms with E-state index in [0.29, 0.717) is 9.91 Å². The van der Waals surface area contributed by atoms with Gasteiger partial charge >= 0.3 is 6.18 Å². The predicted molar refractivity (Wildman–Crippen MR) is 94.2 cm³/mol. The molecule has 0 N–H and O–H groups in total. The standard InChI is InChI=1S/C16H13F3N4OS2/c1-9-12(26-13(21-9)10-4-3-5-20-6-10)14-22-11(7-25-14)15(24)23(2)8-16(17,18)19/h3-7H,8H2,1-2H3. The lowest BCUT2D eigenvalue weighted by atomic mass is 10.3. The summed E-state index contributed by atoms with van der Waals surface area (Å²) >= 11 is 2.61. The van der Waals surface area contributed by atoms with Crippen molar-refractivity contribution in [3.05, 3.63) is 41.3 Å². The summed E-state index contributed by atoms with van der Waals surface area (Å²) in [6.07, 6.45) is -1.08. The third-order valence-electron chi connectivity index (χ3n) is 3.39. The number of hydrogen-bond acceptors (Lipinski definition) is 6. The molecule has 0 atom stereocenters. The van der Waals surface area contributed by atoms with Crippen molar-refractivity contribution >= 4 is 28.6 Å². The Morgan fingerprint density at radius 3 is 2.69 bits per heavy atom. The molecule has 0 fully saturated rings. The molecule has 1 amide bonds. The smallest absolute Gasteiger partial charge is 0.331 e. The van der Waals surface area contributed by atoms with Crippen molar-refractivity contribution in [1.82, 2.24) is 19.9 Å². The van der Waals surface area contributed by atoms with Crippen molar-refractivity contribution in [2.45, 2.75) is 13.1 Å². The average molecular weight is 398 g/mol. The molecule has 3 heterocycles. The van der Waals surface area contributed by atoms with E-state index >= 15 is 0 Å². The van der Waals surface area contributed by atoms with Gasteiger partial charge in [-0.1, -0.05) is 0 Å². The molecule has 0 spiro atoms. The minimum Gasteiger partial charge on any atom is -0.331 e. The number of aromatic nitrogens is 3. The van der Waals surface area contributed by atoms with E-state index in [1.807, 2.05) is 19.1 Å². The van der Waals surface area contributed by atoms with Crippen molar-refractivity contribution in [1.29, 1.82) is 0 Å². The molecular formula is C16H13F3N4OS2. The first-order chi connectivity index (χ1) is 12.2. The number of hydrogen-bond donors (Lipinski definition) is 0. The zero-order valence-electron chi connectivity index (χ0n) is 13.7. The van der Waals surface area contributed by atoms with Gasteiger partial charge in [0.1, 0.15) is 22.3 Å². The van der Waals surface area contributed by atoms with Crippen LogP contribution in [0.3, 0.4) is 0 Å². The molecule has 0 saturated carbocycles. The van der Waals surface area contributed by atoms with Crippen LogP contribution in [0.1, 0.15) is 16.2 Å². The van der Waals surface area contributed by atoms with E-state index in [-0.39, 0.29) is 5.69 Å². The molecule has 3 rings (SSSR count). The number of halogens is 3. The summed E-state index contributed by atoms with van der Waals surface area (Å²) in [4.78, 5) is 26.3. The Morgan fingerprint density at radius 1 is 1.27 bits per heavy atom. The number of thiazole rings is 2. The molecule has 26 heavy (non-hydrogen) atoms. The second-order valence-corrected chi connectivity index (χ2v) is 7.35. The van der Waals surface area contributed by atoms with Crippen LogP contribution < -0.4 is 0 Å². The van der Waals surface area contributed by atoms with E-state index < -0.39 is 18.6 Å². The topological polar surface area (TPSA) is 59.0 Å². The highest BCUT2D eigenvalue weighted by Gasteiger charge is 2.32. The van der Waals surface area contributed by atoms with Crippen LogP contribution in [0.15, 0.2) is 29.9 Å². The van der Waals surface area contributed by atoms with Gasteiger partial charge in [-0.15, -0.1) is 22.7 Å². The molecule has 3 aromatic heterocycles. The first-order valence-corrected chi connectivity index (χ1v) is 9.10. The lowest BCUT2D eigenvalue weighted by Gasteiger charge is -2.17. The van der Waals surface area contributed by atoms with Crippen molar-refractivity contribution < 1.29 is 18.0 Å². The normalized spacial score (nSPS) is 11.6. The molecule has 5 nitrogen and oxygen atoms in total. The maximum absolute atomic E-state index is 12.4. The Hall–Kier alpha value is -2.33. The van der Waals surface area contributed by atoms with Crippen molar-refractivity contribution in [2.24, 2.45) is 0 Å². The molecule has 0 aliphatic carbocycles. The minimum atomic E-state index is -4.45. The number of amides is 1. The van der Waals surface area contributed by atoms with Crippen LogP contribution in [0.4, 0.5) is 13.2 Å². The van der Waals surface area contributed by atoms with E-state index in [1.54, 1.807) is 12.4 Å². The van der Waals surface area contributed by atoms with E-state index in [9.17, 15) is 18.0 Å². The summed E-state index contributed by atoms with van der Waals surface area (Å²) in [5.41, 5.74) is 1.60. The SMILES string of the molecule is Cc1nc(-c2cccnc2)sc1-c1nc(C(=O)N(C)CC(F)(F)F)cs1. The van der Waals surface area contributed by atoms with E-state index in [0.717, 1.165) is 28.2 Å². The van der Waals surface area contributed by atoms with Gasteiger partial charge in [-0.2, -0.15) is 13.2 Å². The number of nitrogens with zero attached hydrogens (tertiary/aromatic N) is 4. The average Bonchev–Trinajstić information content (AvgIpc) is 3.20. The summed E-state index contributed by atoms with van der Waals surface area (Å²) < 4.78 is 37.3. The number of carbonyl (C=O) groups excluding carboxylic acids is 1. The highest BCUT2D eigenvalue weighted by molar-refractivity contribution is 7.23. The maximum atomic E-state index is 12.4. The van der Waals surface area contributed by atoms with Crippen molar-refractivity contribution in [3.8, 4) is 20.5 Å². The predicted octanol–water partition coefficient (Wildman–Crippen LogP) is 4.27. The van der Waals surface area contributed by atoms with Gasteiger partial charge in [-0.25, -0.2) is 9.97 Å². The van der Waals surface area contributed by atoms with Crippen molar-refractivity contribution in [3.63, 3.8) is 0 Å². The summed E-state index contributed by atoms with van der Waals surface area (Å²) in [7, 11) is 1.10. The van der Waals surface area contributed by atoms with Crippen molar-refractivity contribution in [2.75, 3.05) is 13.6 Å². The lowest BCUT2D eigenvalue weighted by Crippen LogP contribution is -2.35. The van der Waals surface area contributed by atoms with Crippen LogP contribution >= 0.6 is 22.7 Å². The highest BCUT2D eigenvalue weighted by Crippen LogP contribution is 2.36. The molecular weight excluding hydrogens is 385 g/mol. The Morgan fingerprint density at radius 2 is 2.04 bits per heavy atom. The Labute approximate surface area is 155 Å². The molecule has 0 saturated heterocycles. The minimum absolute atomic E-state index is 0.00697. The van der Waals surface area contributed by atoms with Gasteiger partial charge in [0.15, 0.2) is 0 Å². The molecule has 0 bridgehead atoms. The van der Waals surface area contributed by atoms with Gasteiger partial charge < -0.3 is 4.90 Å². The largest absolute Gasteiger partial charge is 0.406 e. The second-order valence-electron chi connectivity index (χ2n) is 5.49. The number of rotatable bonds is 4. The van der Waals surface area contributed by atoms with Gasteiger partial charge in [-0.05, 0) is 19.1 Å². The number of aryl methyl sites for hydroxylation is 1. The Bertz CT molecular complexity index is 921. The van der Waals surface area contributed by atoms with E-state index in [1.165, 1.54) is 28.1 Å². The summed E-state index contributed by atoms with van der Waals surface area (Å²) in [6, 6.07) is 3.69. The van der Waals surface area contributed by atoms with Gasteiger partial charge in [0.25, 0.3) is 5.91 Å². The van der Waals surface area contributed by atoms with Gasteiger partial charge in [-0.3, -0.25) is 9.78 Å². The number of pyridine rings is 1. The zero-order valence-corrected chi connectivity index (χ0v) is 15.4. The van der Waals surface area contributed by atoms with Gasteiger partial charge in [0.2, 0.25) is 0 Å². The lowest BCUT2D eigenvalue weighted by molar-refractivity contribution is -0.138. The maximum Gasteiger partial charge on any atom is 0.406 e. The van der Waals surface area contributed by atoms with Gasteiger partial charge in [0.05, 0.1) is 10.6 Å². The summed E-state index contributed by atoms with van der Waals surface area (Å²) in [6.45, 7) is 0.508. The van der Waals surface area contributed by atoms with Crippen LogP contribution in [0.25, 0.3) is 20.5 Å². The summed E-state index contributed by atoms with van der Waals surface area (Å²) in [5.74, 6) is -0.764. The van der Waals surface area contributed by atoms with Gasteiger partial charge in [0, 0.05) is 30.4 Å². The Kier molecular flexibility index (Phi) is 5.05. The molecule has 136 valence electrons. The third-order valence-corrected chi connectivity index (χ3v) is 5.59. The monoisotopic (exact) mass is 398 g/mol. The highest BCUT2D eigenvalue weighted by atomic mass is 32.1. The zero-order chi connectivity index (χ0) is 18.9. The fourth-order valence-electron chi connectivity index (χ4n) is 2.22. The molecule has 0 aromatic carbocycles. The van der Waals surface area contributed by atoms with Crippen LogP contribution in [-0.2, 0) is 0 Å². The van der Waals surface area contributed by atoms with Crippen LogP contribution in [0, 0.1) is 6.92 Å². The molecule has 0 unspecified atom stereocenters. The first kappa shape index (κ1) is 18.5. The fourth-order valence-corrected chi connectivity index (χ4v) is 4.21. The quantitative estimate of drug-likeness (QED) is 0.659. The molecule has 0 radical (unpaired) electrons. The third kappa shape index (κ3) is 4.07. The van der Waals surface area contributed by atoms with Crippen LogP contribution in [0.5, 0.6) is 0 Å². The fraction of sp³-hybridized carbons (Fsp3) is 0.250. The second kappa shape index (κ2) is 7.12. The summed E-state index contributed by atoms with van der Waals surface area (Å²) in [5, 5.41) is 2.79. The van der Waals surface area contributed by atoms with Crippen LogP contribution in [-0.4, -0.2) is 45.5 Å². The van der Waals surface area contributed by atoms with E-state index in [2.05, 4.69) is 15.0 Å². The number of alkyl halides is 3. The van der Waals surface area contributed by atoms with Crippen LogP contribution in [0.2, 0.25) is 0 Å². The molecule has 0 aliphatic heterocycles. The first-order valence-electron chi connectivity index (χ1n) is 7.40. The molecule has 0 aliphatic rings. The number of carbonyl (C=O) groups is 1. The molecule has 10 heteroatoms. The Balaban J connectivity index is 1.84. The molecule has 3 aromatic rings.